The molecule has 0 spiro atoms. The number of aliphatic hydroxyl groups is 2. The number of hydrogen-bond donors (Lipinski definition) is 2. The van der Waals surface area contributed by atoms with Gasteiger partial charge in [-0.3, -0.25) is 0 Å². The van der Waals surface area contributed by atoms with Gasteiger partial charge in [0.15, 0.2) is 0 Å². The molecule has 5 nitrogen and oxygen atoms in total. The van der Waals surface area contributed by atoms with Crippen LogP contribution in [0.5, 0.6) is 0 Å². The number of aliphatic hydroxyl groups excluding tert-OH is 2. The Balaban J connectivity index is 0.000000534. The third kappa shape index (κ3) is 8.77. The summed E-state index contributed by atoms with van der Waals surface area (Å²) in [5.41, 5.74) is 0.534. The third-order valence-corrected chi connectivity index (χ3v) is 3.14. The van der Waals surface area contributed by atoms with Gasteiger partial charge >= 0.3 is 0 Å². The van der Waals surface area contributed by atoms with E-state index < -0.39 is 12.1 Å². The monoisotopic (exact) mass is 311 g/mol. The van der Waals surface area contributed by atoms with Gasteiger partial charge in [0.1, 0.15) is 6.54 Å². The molecule has 1 atom stereocenters. The van der Waals surface area contributed by atoms with Crippen molar-refractivity contribution in [3.63, 3.8) is 0 Å². The Hall–Kier alpha value is -1.43. The predicted octanol–water partition coefficient (Wildman–Crippen LogP) is 0.959. The summed E-state index contributed by atoms with van der Waals surface area (Å²) in [5.74, 6) is -1.24. The molecular weight excluding hydrogens is 282 g/mol. The Labute approximate surface area is 133 Å². The molecule has 22 heavy (non-hydrogen) atoms. The van der Waals surface area contributed by atoms with E-state index in [4.69, 9.17) is 5.11 Å². The molecule has 1 rings (SSSR count). The predicted molar refractivity (Wildman–Crippen MR) is 85.2 cm³/mol. The Bertz CT molecular complexity index is 441. The Morgan fingerprint density at radius 1 is 1.27 bits per heavy atom. The summed E-state index contributed by atoms with van der Waals surface area (Å²) >= 11 is 0. The SMILES string of the molecule is CCCCC(O)c1ccccc1C(=O)[O-].C[N+](C)(C)CCO. The van der Waals surface area contributed by atoms with Crippen LogP contribution in [0.4, 0.5) is 0 Å². The zero-order valence-electron chi connectivity index (χ0n) is 14.1. The zero-order chi connectivity index (χ0) is 17.2. The first-order valence-electron chi connectivity index (χ1n) is 7.62. The smallest absolute Gasteiger partial charge is 0.101 e. The molecule has 0 amide bonds. The number of carboxylic acid groups (broad SMARTS) is 1. The molecule has 1 aromatic rings. The number of unbranched alkanes of at least 4 members (excludes halogenated alkanes) is 1. The highest BCUT2D eigenvalue weighted by Gasteiger charge is 2.11. The van der Waals surface area contributed by atoms with Crippen molar-refractivity contribution in [2.75, 3.05) is 34.3 Å². The van der Waals surface area contributed by atoms with Crippen molar-refractivity contribution in [3.8, 4) is 0 Å². The van der Waals surface area contributed by atoms with Gasteiger partial charge in [-0.1, -0.05) is 44.0 Å². The maximum atomic E-state index is 10.8. The van der Waals surface area contributed by atoms with Crippen LogP contribution in [0.3, 0.4) is 0 Å². The van der Waals surface area contributed by atoms with Gasteiger partial charge in [-0.05, 0) is 12.0 Å². The van der Waals surface area contributed by atoms with E-state index in [9.17, 15) is 15.0 Å². The van der Waals surface area contributed by atoms with E-state index in [1.165, 1.54) is 6.07 Å². The minimum absolute atomic E-state index is 0.0844. The molecule has 0 bridgehead atoms. The number of carbonyl (C=O) groups is 1. The molecule has 0 fully saturated rings. The minimum Gasteiger partial charge on any atom is -0.545 e. The Morgan fingerprint density at radius 3 is 2.27 bits per heavy atom. The molecule has 1 aromatic carbocycles. The van der Waals surface area contributed by atoms with E-state index in [1.807, 2.05) is 6.92 Å². The van der Waals surface area contributed by atoms with Crippen molar-refractivity contribution < 1.29 is 24.6 Å². The van der Waals surface area contributed by atoms with Crippen molar-refractivity contribution in [2.45, 2.75) is 32.3 Å². The molecule has 0 saturated carbocycles. The van der Waals surface area contributed by atoms with E-state index in [0.29, 0.717) is 12.0 Å². The number of nitrogens with zero attached hydrogens (tertiary/aromatic N) is 1. The largest absolute Gasteiger partial charge is 0.545 e. The first-order valence-corrected chi connectivity index (χ1v) is 7.62. The molecule has 5 heteroatoms. The number of aromatic carboxylic acids is 1. The zero-order valence-corrected chi connectivity index (χ0v) is 14.1. The van der Waals surface area contributed by atoms with Crippen LogP contribution < -0.4 is 5.11 Å². The quantitative estimate of drug-likeness (QED) is 0.735. The lowest BCUT2D eigenvalue weighted by Gasteiger charge is -2.21. The number of carboxylic acids is 1. The van der Waals surface area contributed by atoms with Gasteiger partial charge in [0.2, 0.25) is 0 Å². The van der Waals surface area contributed by atoms with Crippen LogP contribution >= 0.6 is 0 Å². The van der Waals surface area contributed by atoms with Gasteiger partial charge in [0, 0.05) is 5.56 Å². The number of likely N-dealkylation sites (N-methyl/N-ethyl adjacent to an activating group) is 1. The lowest BCUT2D eigenvalue weighted by Crippen LogP contribution is -2.36. The summed E-state index contributed by atoms with van der Waals surface area (Å²) in [6, 6.07) is 6.43. The van der Waals surface area contributed by atoms with Gasteiger partial charge in [0.25, 0.3) is 0 Å². The summed E-state index contributed by atoms with van der Waals surface area (Å²) < 4.78 is 0.844. The molecule has 0 aliphatic carbocycles. The summed E-state index contributed by atoms with van der Waals surface area (Å²) in [6.07, 6.45) is 1.73. The Morgan fingerprint density at radius 2 is 1.86 bits per heavy atom. The van der Waals surface area contributed by atoms with Gasteiger partial charge in [-0.25, -0.2) is 0 Å². The molecule has 0 aliphatic heterocycles. The summed E-state index contributed by atoms with van der Waals surface area (Å²) in [6.45, 7) is 3.14. The average molecular weight is 311 g/mol. The number of hydrogen-bond acceptors (Lipinski definition) is 4. The van der Waals surface area contributed by atoms with E-state index >= 15 is 0 Å². The van der Waals surface area contributed by atoms with Gasteiger partial charge < -0.3 is 24.6 Å². The van der Waals surface area contributed by atoms with Gasteiger partial charge in [0.05, 0.1) is 39.8 Å². The lowest BCUT2D eigenvalue weighted by atomic mass is 9.99. The first-order chi connectivity index (χ1) is 10.2. The maximum Gasteiger partial charge on any atom is 0.101 e. The summed E-state index contributed by atoms with van der Waals surface area (Å²) in [7, 11) is 6.16. The molecule has 0 aromatic heterocycles. The molecular formula is C17H29NO4. The normalized spacial score (nSPS) is 12.3. The van der Waals surface area contributed by atoms with Crippen LogP contribution in [0.15, 0.2) is 24.3 Å². The van der Waals surface area contributed by atoms with Crippen LogP contribution in [-0.2, 0) is 0 Å². The van der Waals surface area contributed by atoms with Crippen LogP contribution in [0.2, 0.25) is 0 Å². The third-order valence-electron chi connectivity index (χ3n) is 3.14. The molecule has 0 aliphatic rings. The van der Waals surface area contributed by atoms with Crippen LogP contribution in [0, 0.1) is 0 Å². The highest BCUT2D eigenvalue weighted by Crippen LogP contribution is 2.22. The minimum atomic E-state index is -1.24. The lowest BCUT2D eigenvalue weighted by molar-refractivity contribution is -0.870. The average Bonchev–Trinajstić information content (AvgIpc) is 2.44. The van der Waals surface area contributed by atoms with Crippen molar-refractivity contribution in [3.05, 3.63) is 35.4 Å². The van der Waals surface area contributed by atoms with Crippen LogP contribution in [-0.4, -0.2) is 55.0 Å². The fraction of sp³-hybridized carbons (Fsp3) is 0.588. The number of rotatable bonds is 7. The highest BCUT2D eigenvalue weighted by molar-refractivity contribution is 5.87. The molecule has 0 radical (unpaired) electrons. The van der Waals surface area contributed by atoms with Crippen LogP contribution in [0.1, 0.15) is 48.2 Å². The fourth-order valence-electron chi connectivity index (χ4n) is 1.83. The van der Waals surface area contributed by atoms with E-state index in [1.54, 1.807) is 18.2 Å². The van der Waals surface area contributed by atoms with E-state index in [0.717, 1.165) is 23.9 Å². The molecule has 1 unspecified atom stereocenters. The number of benzene rings is 1. The van der Waals surface area contributed by atoms with Gasteiger partial charge in [-0.2, -0.15) is 0 Å². The second-order valence-electron chi connectivity index (χ2n) is 6.27. The summed E-state index contributed by atoms with van der Waals surface area (Å²) in [4.78, 5) is 10.8. The van der Waals surface area contributed by atoms with Crippen LogP contribution in [0.25, 0.3) is 0 Å². The van der Waals surface area contributed by atoms with Crippen molar-refractivity contribution in [2.24, 2.45) is 0 Å². The molecule has 2 N–H and O–H groups in total. The highest BCUT2D eigenvalue weighted by atomic mass is 16.4. The summed E-state index contributed by atoms with van der Waals surface area (Å²) in [5, 5.41) is 29.0. The molecule has 0 heterocycles. The number of carbonyl (C=O) groups excluding carboxylic acids is 1. The van der Waals surface area contributed by atoms with E-state index in [-0.39, 0.29) is 12.2 Å². The van der Waals surface area contributed by atoms with Crippen molar-refractivity contribution in [1.29, 1.82) is 0 Å². The second-order valence-corrected chi connectivity index (χ2v) is 6.27. The number of quaternary nitrogens is 1. The molecule has 0 saturated heterocycles. The van der Waals surface area contributed by atoms with Crippen molar-refractivity contribution in [1.82, 2.24) is 0 Å². The standard InChI is InChI=1S/C12H16O3.C5H14NO/c1-2-3-8-11(13)9-6-4-5-7-10(9)12(14)15;1-6(2,3)4-5-7/h4-7,11,13H,2-3,8H2,1H3,(H,14,15);7H,4-5H2,1-3H3/q;+1/p-1. The fourth-order valence-corrected chi connectivity index (χ4v) is 1.83. The van der Waals surface area contributed by atoms with E-state index in [2.05, 4.69) is 21.1 Å². The van der Waals surface area contributed by atoms with Crippen molar-refractivity contribution >= 4 is 5.97 Å². The topological polar surface area (TPSA) is 80.6 Å². The second kappa shape index (κ2) is 10.3. The molecule has 126 valence electrons. The van der Waals surface area contributed by atoms with Gasteiger partial charge in [-0.15, -0.1) is 0 Å². The maximum absolute atomic E-state index is 10.8. The first kappa shape index (κ1) is 20.6. The Kier molecular flexibility index (Phi) is 9.65.